The summed E-state index contributed by atoms with van der Waals surface area (Å²) < 4.78 is 9.93. The summed E-state index contributed by atoms with van der Waals surface area (Å²) in [5.41, 5.74) is 1.06. The number of Topliss-reactive ketones (excluding diaryl/α,β-unsaturated/α-hetero) is 1. The minimum atomic E-state index is -0.971. The number of amidine groups is 1. The van der Waals surface area contributed by atoms with Crippen LogP contribution in [0.2, 0.25) is 0 Å². The first kappa shape index (κ1) is 23.2. The second-order valence-corrected chi connectivity index (χ2v) is 11.0. The van der Waals surface area contributed by atoms with E-state index in [1.165, 1.54) is 11.8 Å². The highest BCUT2D eigenvalue weighted by Crippen LogP contribution is 2.67. The van der Waals surface area contributed by atoms with Gasteiger partial charge in [-0.15, -0.1) is 11.8 Å². The van der Waals surface area contributed by atoms with Crippen LogP contribution in [0.3, 0.4) is 0 Å². The van der Waals surface area contributed by atoms with Gasteiger partial charge in [-0.05, 0) is 55.7 Å². The third kappa shape index (κ3) is 3.79. The largest absolute Gasteiger partial charge is 0.493 e. The topological polar surface area (TPSA) is 100 Å². The van der Waals surface area contributed by atoms with Gasteiger partial charge in [-0.1, -0.05) is 13.0 Å². The third-order valence-corrected chi connectivity index (χ3v) is 9.15. The monoisotopic (exact) mass is 485 g/mol. The smallest absolute Gasteiger partial charge is 0.323 e. The number of aliphatic hydroxyl groups is 1. The van der Waals surface area contributed by atoms with E-state index in [-0.39, 0.29) is 23.8 Å². The fourth-order valence-corrected chi connectivity index (χ4v) is 6.83. The van der Waals surface area contributed by atoms with Gasteiger partial charge >= 0.3 is 6.03 Å². The van der Waals surface area contributed by atoms with Crippen LogP contribution in [0, 0.1) is 11.8 Å². The first-order valence-electron chi connectivity index (χ1n) is 11.9. The van der Waals surface area contributed by atoms with Crippen molar-refractivity contribution in [1.82, 2.24) is 10.2 Å². The number of ketones is 1. The molecule has 2 heterocycles. The van der Waals surface area contributed by atoms with Crippen LogP contribution in [0.4, 0.5) is 4.79 Å². The van der Waals surface area contributed by atoms with Crippen LogP contribution >= 0.6 is 11.8 Å². The number of benzene rings is 1. The molecule has 1 aromatic rings. The number of carbonyl (C=O) groups is 2. The van der Waals surface area contributed by atoms with Gasteiger partial charge in [-0.2, -0.15) is 0 Å². The number of thioether (sulfide) groups is 1. The normalized spacial score (nSPS) is 31.2. The van der Waals surface area contributed by atoms with Crippen LogP contribution in [-0.4, -0.2) is 65.3 Å². The van der Waals surface area contributed by atoms with E-state index < -0.39 is 10.9 Å². The molecular formula is C25H31N3O5S. The first-order valence-corrected chi connectivity index (χ1v) is 12.7. The molecule has 3 unspecified atom stereocenters. The summed E-state index contributed by atoms with van der Waals surface area (Å²) in [6, 6.07) is 5.79. The number of hydrogen-bond donors (Lipinski definition) is 2. The Morgan fingerprint density at radius 3 is 2.59 bits per heavy atom. The maximum absolute atomic E-state index is 13.5. The minimum Gasteiger partial charge on any atom is -0.493 e. The lowest BCUT2D eigenvalue weighted by molar-refractivity contribution is -0.113. The summed E-state index contributed by atoms with van der Waals surface area (Å²) in [5, 5.41) is 13.0. The van der Waals surface area contributed by atoms with E-state index in [9.17, 15) is 14.7 Å². The molecule has 2 N–H and O–H groups in total. The Balaban J connectivity index is 1.29. The molecule has 1 spiro atoms. The van der Waals surface area contributed by atoms with Gasteiger partial charge in [0.1, 0.15) is 16.7 Å². The maximum Gasteiger partial charge on any atom is 0.323 e. The molecule has 1 saturated heterocycles. The highest BCUT2D eigenvalue weighted by Gasteiger charge is 2.78. The van der Waals surface area contributed by atoms with Crippen molar-refractivity contribution in [3.63, 3.8) is 0 Å². The van der Waals surface area contributed by atoms with Crippen molar-refractivity contribution in [2.24, 2.45) is 16.8 Å². The summed E-state index contributed by atoms with van der Waals surface area (Å²) in [6.07, 6.45) is 5.54. The zero-order chi connectivity index (χ0) is 24.0. The van der Waals surface area contributed by atoms with E-state index in [4.69, 9.17) is 9.47 Å². The summed E-state index contributed by atoms with van der Waals surface area (Å²) in [4.78, 5) is 32.8. The van der Waals surface area contributed by atoms with Crippen LogP contribution in [0.15, 0.2) is 34.3 Å². The molecule has 2 amide bonds. The molecule has 34 heavy (non-hydrogen) atoms. The van der Waals surface area contributed by atoms with Crippen molar-refractivity contribution in [3.05, 3.63) is 34.9 Å². The van der Waals surface area contributed by atoms with E-state index in [0.29, 0.717) is 36.2 Å². The Morgan fingerprint density at radius 2 is 1.94 bits per heavy atom. The Hall–Kier alpha value is -2.52. The molecule has 8 nitrogen and oxygen atoms in total. The van der Waals surface area contributed by atoms with Crippen LogP contribution in [0.1, 0.15) is 38.2 Å². The summed E-state index contributed by atoms with van der Waals surface area (Å²) in [6.45, 7) is 2.82. The number of nitrogens with one attached hydrogen (secondary N) is 1. The summed E-state index contributed by atoms with van der Waals surface area (Å²) in [5.74, 6) is 2.00. The maximum atomic E-state index is 13.5. The van der Waals surface area contributed by atoms with Crippen LogP contribution in [-0.2, 0) is 11.2 Å². The Labute approximate surface area is 203 Å². The number of hydrogen-bond acceptors (Lipinski definition) is 7. The van der Waals surface area contributed by atoms with Gasteiger partial charge < -0.3 is 19.5 Å². The predicted octanol–water partition coefficient (Wildman–Crippen LogP) is 3.14. The molecule has 0 aromatic heterocycles. The number of amides is 2. The van der Waals surface area contributed by atoms with Crippen molar-refractivity contribution in [1.29, 1.82) is 0 Å². The highest BCUT2D eigenvalue weighted by atomic mass is 32.2. The van der Waals surface area contributed by atoms with E-state index in [0.717, 1.165) is 36.2 Å². The molecule has 3 atom stereocenters. The van der Waals surface area contributed by atoms with Gasteiger partial charge in [0.25, 0.3) is 0 Å². The van der Waals surface area contributed by atoms with Gasteiger partial charge in [-0.3, -0.25) is 10.1 Å². The van der Waals surface area contributed by atoms with Crippen molar-refractivity contribution in [2.75, 3.05) is 20.8 Å². The summed E-state index contributed by atoms with van der Waals surface area (Å²) in [7, 11) is 3.22. The van der Waals surface area contributed by atoms with Crippen LogP contribution in [0.25, 0.3) is 0 Å². The lowest BCUT2D eigenvalue weighted by Crippen LogP contribution is -2.53. The zero-order valence-electron chi connectivity index (χ0n) is 19.7. The van der Waals surface area contributed by atoms with Crippen LogP contribution < -0.4 is 14.8 Å². The molecule has 0 bridgehead atoms. The average molecular weight is 486 g/mol. The lowest BCUT2D eigenvalue weighted by atomic mass is 9.86. The quantitative estimate of drug-likeness (QED) is 0.642. The predicted molar refractivity (Wildman–Crippen MR) is 130 cm³/mol. The number of aliphatic imine (C=N–C) groups is 1. The van der Waals surface area contributed by atoms with Crippen molar-refractivity contribution >= 4 is 29.4 Å². The third-order valence-electron chi connectivity index (χ3n) is 7.57. The molecule has 2 saturated carbocycles. The van der Waals surface area contributed by atoms with Crippen LogP contribution in [0.5, 0.6) is 11.5 Å². The second-order valence-electron chi connectivity index (χ2n) is 9.62. The van der Waals surface area contributed by atoms with E-state index in [2.05, 4.69) is 17.2 Å². The Bertz CT molecular complexity index is 1060. The zero-order valence-corrected chi connectivity index (χ0v) is 20.6. The number of rotatable bonds is 6. The van der Waals surface area contributed by atoms with Gasteiger partial charge in [0, 0.05) is 23.7 Å². The van der Waals surface area contributed by atoms with E-state index in [1.54, 1.807) is 20.4 Å². The molecule has 2 aliphatic heterocycles. The minimum absolute atomic E-state index is 0.156. The van der Waals surface area contributed by atoms with Crippen molar-refractivity contribution in [3.8, 4) is 11.5 Å². The van der Waals surface area contributed by atoms with E-state index >= 15 is 0 Å². The second kappa shape index (κ2) is 8.92. The fourth-order valence-electron chi connectivity index (χ4n) is 5.38. The fraction of sp³-hybridized carbons (Fsp3) is 0.560. The van der Waals surface area contributed by atoms with Gasteiger partial charge in [0.2, 0.25) is 0 Å². The summed E-state index contributed by atoms with van der Waals surface area (Å²) >= 11 is 1.37. The van der Waals surface area contributed by atoms with Gasteiger partial charge in [-0.25, -0.2) is 9.79 Å². The molecule has 5 rings (SSSR count). The number of ether oxygens (including phenoxy) is 2. The molecule has 3 fully saturated rings. The number of aliphatic hydroxyl groups excluding tert-OH is 1. The Kier molecular flexibility index (Phi) is 6.10. The number of nitrogens with zero attached hydrogens (tertiary/aromatic N) is 2. The lowest BCUT2D eigenvalue weighted by Gasteiger charge is -2.38. The van der Waals surface area contributed by atoms with E-state index in [1.807, 2.05) is 23.1 Å². The molecule has 0 radical (unpaired) electrons. The molecule has 182 valence electrons. The number of urea groups is 1. The van der Waals surface area contributed by atoms with Gasteiger partial charge in [0.05, 0.1) is 20.1 Å². The molecule has 2 aliphatic carbocycles. The molecule has 9 heteroatoms. The average Bonchev–Trinajstić information content (AvgIpc) is 3.21. The first-order chi connectivity index (χ1) is 16.4. The van der Waals surface area contributed by atoms with Crippen molar-refractivity contribution in [2.45, 2.75) is 55.9 Å². The SMILES string of the molecule is COc1ccc(CCN(C(=O)NC2=NC=C3SC4(C(=O)C4O)C32)C2CCC(C)CC2)cc1OC. The van der Waals surface area contributed by atoms with Gasteiger partial charge in [0.15, 0.2) is 17.3 Å². The highest BCUT2D eigenvalue weighted by molar-refractivity contribution is 8.07. The number of methoxy groups -OCH3 is 2. The standard InChI is InChI=1S/C25H31N3O5S/c1-14-4-7-16(8-5-14)28(11-10-15-6-9-17(32-2)18(12-15)33-3)24(31)27-23-20-19(13-26-23)34-25(20)21(29)22(25)30/h6,9,12-14,16,20-21,29H,4-5,7-8,10-11H2,1-3H3,(H,26,27,31). The molecule has 1 aromatic carbocycles. The Morgan fingerprint density at radius 1 is 1.24 bits per heavy atom. The number of fused-ring (bicyclic) bond motifs is 2. The molecular weight excluding hydrogens is 454 g/mol. The molecule has 4 aliphatic rings. The van der Waals surface area contributed by atoms with Crippen molar-refractivity contribution < 1.29 is 24.2 Å². The number of carbonyl (C=O) groups excluding carboxylic acids is 2.